The number of hydrogen-bond acceptors (Lipinski definition) is 3. The average Bonchev–Trinajstić information content (AvgIpc) is 2.16. The summed E-state index contributed by atoms with van der Waals surface area (Å²) in [4.78, 5) is 12.4. The maximum atomic E-state index is 12.4. The van der Waals surface area contributed by atoms with Gasteiger partial charge in [0.2, 0.25) is 0 Å². The zero-order chi connectivity index (χ0) is 13.3. The summed E-state index contributed by atoms with van der Waals surface area (Å²) < 4.78 is 0.218. The van der Waals surface area contributed by atoms with Crippen molar-refractivity contribution >= 4 is 37.4 Å². The molecule has 0 N–H and O–H groups in total. The van der Waals surface area contributed by atoms with Gasteiger partial charge in [-0.3, -0.25) is 4.79 Å². The summed E-state index contributed by atoms with van der Waals surface area (Å²) in [7, 11) is -1.34. The molecule has 0 aromatic rings. The summed E-state index contributed by atoms with van der Waals surface area (Å²) in [6.45, 7) is 13.4. The predicted octanol–water partition coefficient (Wildman–Crippen LogP) is 4.44. The first kappa shape index (κ1) is 15.6. The fraction of sp³-hybridized carbons (Fsp3) is 0.923. The van der Waals surface area contributed by atoms with Crippen molar-refractivity contribution in [2.75, 3.05) is 11.5 Å². The second-order valence-electron chi connectivity index (χ2n) is 6.90. The van der Waals surface area contributed by atoms with Crippen molar-refractivity contribution in [3.8, 4) is 0 Å². The molecule has 0 amide bonds. The number of Topliss-reactive ketones (excluding diaryl/α,β-unsaturated/α-hetero) is 1. The van der Waals surface area contributed by atoms with Gasteiger partial charge < -0.3 is 0 Å². The molecule has 1 aliphatic heterocycles. The topological polar surface area (TPSA) is 17.1 Å². The largest absolute Gasteiger partial charge is 0.299 e. The van der Waals surface area contributed by atoms with Crippen molar-refractivity contribution in [3.05, 3.63) is 0 Å². The molecule has 1 nitrogen and oxygen atoms in total. The average molecular weight is 291 g/mol. The van der Waals surface area contributed by atoms with Crippen LogP contribution in [-0.4, -0.2) is 29.1 Å². The van der Waals surface area contributed by atoms with Crippen molar-refractivity contribution in [2.45, 2.75) is 57.0 Å². The Morgan fingerprint density at radius 2 is 1.65 bits per heavy atom. The fourth-order valence-electron chi connectivity index (χ4n) is 1.85. The molecule has 0 unspecified atom stereocenters. The number of rotatable bonds is 3. The quantitative estimate of drug-likeness (QED) is 0.716. The minimum absolute atomic E-state index is 0.189. The molecule has 4 heteroatoms. The number of ketones is 1. The van der Waals surface area contributed by atoms with Crippen LogP contribution in [0.1, 0.15) is 33.6 Å². The first-order chi connectivity index (χ1) is 7.58. The Morgan fingerprint density at radius 1 is 1.18 bits per heavy atom. The van der Waals surface area contributed by atoms with Gasteiger partial charge in [0.05, 0.1) is 11.8 Å². The molecular formula is C13H26OS2Si. The predicted molar refractivity (Wildman–Crippen MR) is 84.7 cm³/mol. The molecule has 1 aliphatic rings. The van der Waals surface area contributed by atoms with Crippen molar-refractivity contribution in [2.24, 2.45) is 5.41 Å². The van der Waals surface area contributed by atoms with Gasteiger partial charge in [-0.15, -0.1) is 23.5 Å². The van der Waals surface area contributed by atoms with E-state index in [4.69, 9.17) is 0 Å². The molecule has 1 saturated heterocycles. The van der Waals surface area contributed by atoms with E-state index >= 15 is 0 Å². The fourth-order valence-corrected chi connectivity index (χ4v) is 9.34. The van der Waals surface area contributed by atoms with Crippen LogP contribution in [0.25, 0.3) is 0 Å². The van der Waals surface area contributed by atoms with E-state index in [1.807, 2.05) is 20.8 Å². The normalized spacial score (nSPS) is 21.3. The van der Waals surface area contributed by atoms with Gasteiger partial charge in [-0.25, -0.2) is 0 Å². The van der Waals surface area contributed by atoms with Crippen LogP contribution < -0.4 is 0 Å². The highest BCUT2D eigenvalue weighted by atomic mass is 32.2. The summed E-state index contributed by atoms with van der Waals surface area (Å²) in [6.07, 6.45) is 2.06. The second kappa shape index (κ2) is 5.30. The van der Waals surface area contributed by atoms with Crippen LogP contribution >= 0.6 is 23.5 Å². The lowest BCUT2D eigenvalue weighted by atomic mass is 9.89. The maximum Gasteiger partial charge on any atom is 0.140 e. The highest BCUT2D eigenvalue weighted by Gasteiger charge is 2.48. The Balaban J connectivity index is 2.89. The van der Waals surface area contributed by atoms with Crippen molar-refractivity contribution in [1.82, 2.24) is 0 Å². The SMILES string of the molecule is CC(C)(C)C(=O)CC1([Si](C)(C)C)SCCCS1. The molecule has 1 rings (SSSR count). The van der Waals surface area contributed by atoms with Gasteiger partial charge in [0.25, 0.3) is 0 Å². The Morgan fingerprint density at radius 3 is 2.00 bits per heavy atom. The summed E-state index contributed by atoms with van der Waals surface area (Å²) in [5, 5.41) is 0. The van der Waals surface area contributed by atoms with E-state index in [1.165, 1.54) is 17.9 Å². The lowest BCUT2D eigenvalue weighted by Gasteiger charge is -2.45. The third-order valence-corrected chi connectivity index (χ3v) is 13.2. The Bertz CT molecular complexity index is 283. The maximum absolute atomic E-state index is 12.4. The van der Waals surface area contributed by atoms with Gasteiger partial charge in [0.15, 0.2) is 0 Å². The van der Waals surface area contributed by atoms with Crippen LogP contribution in [0.5, 0.6) is 0 Å². The van der Waals surface area contributed by atoms with Crippen LogP contribution in [0, 0.1) is 5.41 Å². The Labute approximate surface area is 116 Å². The number of hydrogen-bond donors (Lipinski definition) is 0. The monoisotopic (exact) mass is 290 g/mol. The number of thioether (sulfide) groups is 2. The molecule has 17 heavy (non-hydrogen) atoms. The van der Waals surface area contributed by atoms with Crippen LogP contribution in [-0.2, 0) is 4.79 Å². The van der Waals surface area contributed by atoms with E-state index in [0.29, 0.717) is 5.78 Å². The van der Waals surface area contributed by atoms with Gasteiger partial charge in [0.1, 0.15) is 5.78 Å². The van der Waals surface area contributed by atoms with E-state index in [9.17, 15) is 4.79 Å². The molecule has 0 aromatic heterocycles. The van der Waals surface area contributed by atoms with Crippen molar-refractivity contribution in [1.29, 1.82) is 0 Å². The third kappa shape index (κ3) is 3.77. The van der Waals surface area contributed by atoms with Crippen LogP contribution in [0.15, 0.2) is 0 Å². The van der Waals surface area contributed by atoms with Gasteiger partial charge in [-0.1, -0.05) is 40.4 Å². The van der Waals surface area contributed by atoms with Crippen LogP contribution in [0.2, 0.25) is 19.6 Å². The van der Waals surface area contributed by atoms with E-state index in [0.717, 1.165) is 6.42 Å². The molecule has 0 aromatic carbocycles. The highest BCUT2D eigenvalue weighted by Crippen LogP contribution is 2.51. The first-order valence-corrected chi connectivity index (χ1v) is 11.9. The van der Waals surface area contributed by atoms with Gasteiger partial charge in [-0.05, 0) is 17.9 Å². The lowest BCUT2D eigenvalue weighted by molar-refractivity contribution is -0.126. The smallest absolute Gasteiger partial charge is 0.140 e. The summed E-state index contributed by atoms with van der Waals surface area (Å²) in [5.41, 5.74) is -0.189. The molecule has 0 saturated carbocycles. The van der Waals surface area contributed by atoms with Gasteiger partial charge >= 0.3 is 0 Å². The zero-order valence-electron chi connectivity index (χ0n) is 12.1. The van der Waals surface area contributed by atoms with Gasteiger partial charge in [-0.2, -0.15) is 0 Å². The number of carbonyl (C=O) groups excluding carboxylic acids is 1. The van der Waals surface area contributed by atoms with Crippen molar-refractivity contribution < 1.29 is 4.79 Å². The molecular weight excluding hydrogens is 264 g/mol. The van der Waals surface area contributed by atoms with Crippen LogP contribution in [0.3, 0.4) is 0 Å². The molecule has 0 spiro atoms. The Hall–Kier alpha value is 0.587. The third-order valence-electron chi connectivity index (χ3n) is 3.33. The van der Waals surface area contributed by atoms with E-state index in [-0.39, 0.29) is 9.12 Å². The lowest BCUT2D eigenvalue weighted by Crippen LogP contribution is -2.51. The van der Waals surface area contributed by atoms with E-state index in [1.54, 1.807) is 0 Å². The summed E-state index contributed by atoms with van der Waals surface area (Å²) >= 11 is 4.13. The molecule has 1 fully saturated rings. The van der Waals surface area contributed by atoms with E-state index in [2.05, 4.69) is 43.2 Å². The minimum Gasteiger partial charge on any atom is -0.299 e. The molecule has 0 atom stereocenters. The first-order valence-electron chi connectivity index (χ1n) is 6.40. The molecule has 100 valence electrons. The molecule has 0 radical (unpaired) electrons. The summed E-state index contributed by atoms with van der Waals surface area (Å²) in [6, 6.07) is 0. The zero-order valence-corrected chi connectivity index (χ0v) is 14.7. The van der Waals surface area contributed by atoms with Crippen LogP contribution in [0.4, 0.5) is 0 Å². The van der Waals surface area contributed by atoms with E-state index < -0.39 is 8.07 Å². The number of carbonyl (C=O) groups is 1. The second-order valence-corrected chi connectivity index (χ2v) is 16.0. The highest BCUT2D eigenvalue weighted by molar-refractivity contribution is 8.21. The molecule has 1 heterocycles. The Kier molecular flexibility index (Phi) is 4.87. The van der Waals surface area contributed by atoms with Crippen molar-refractivity contribution in [3.63, 3.8) is 0 Å². The standard InChI is InChI=1S/C13H26OS2Si/c1-12(2,3)11(14)10-13(17(4,5)6)15-8-7-9-16-13/h7-10H2,1-6H3. The molecule has 0 aliphatic carbocycles. The summed E-state index contributed by atoms with van der Waals surface area (Å²) in [5.74, 6) is 2.89. The van der Waals surface area contributed by atoms with Gasteiger partial charge in [0, 0.05) is 11.8 Å². The minimum atomic E-state index is -1.34. The molecule has 0 bridgehead atoms.